The molecule has 0 aliphatic rings. The lowest BCUT2D eigenvalue weighted by Crippen LogP contribution is -2.12. The molecule has 2 N–H and O–H groups in total. The molecular formula is C14H9BrN2O. The minimum Gasteiger partial charge on any atom is -0.366 e. The number of nitrogens with zero attached hydrogens (tertiary/aromatic N) is 1. The fourth-order valence-corrected chi connectivity index (χ4v) is 2.14. The van der Waals surface area contributed by atoms with Crippen LogP contribution in [0.2, 0.25) is 0 Å². The van der Waals surface area contributed by atoms with Crippen molar-refractivity contribution in [3.63, 3.8) is 0 Å². The van der Waals surface area contributed by atoms with Crippen LogP contribution in [0.15, 0.2) is 46.9 Å². The summed E-state index contributed by atoms with van der Waals surface area (Å²) in [6.45, 7) is 0. The third kappa shape index (κ3) is 2.27. The summed E-state index contributed by atoms with van der Waals surface area (Å²) in [5.74, 6) is -0.502. The van der Waals surface area contributed by atoms with Gasteiger partial charge in [-0.1, -0.05) is 40.2 Å². The van der Waals surface area contributed by atoms with Gasteiger partial charge in [0.1, 0.15) is 0 Å². The van der Waals surface area contributed by atoms with E-state index < -0.39 is 5.91 Å². The molecule has 0 aromatic heterocycles. The van der Waals surface area contributed by atoms with Gasteiger partial charge in [-0.2, -0.15) is 5.26 Å². The number of amides is 1. The van der Waals surface area contributed by atoms with E-state index in [0.717, 1.165) is 4.47 Å². The standard InChI is InChI=1S/C14H9BrN2O/c15-10-5-6-11(9(7-10)8-16)12-3-1-2-4-13(12)14(17)18/h1-7H,(H2,17,18). The van der Waals surface area contributed by atoms with E-state index in [2.05, 4.69) is 22.0 Å². The Bertz CT molecular complexity index is 659. The van der Waals surface area contributed by atoms with Gasteiger partial charge in [-0.15, -0.1) is 0 Å². The second kappa shape index (κ2) is 5.03. The molecule has 0 unspecified atom stereocenters. The molecule has 0 heterocycles. The molecule has 2 aromatic rings. The summed E-state index contributed by atoms with van der Waals surface area (Å²) in [4.78, 5) is 11.4. The quantitative estimate of drug-likeness (QED) is 0.926. The summed E-state index contributed by atoms with van der Waals surface area (Å²) >= 11 is 3.31. The van der Waals surface area contributed by atoms with Gasteiger partial charge in [0.2, 0.25) is 5.91 Å². The van der Waals surface area contributed by atoms with Gasteiger partial charge in [0.25, 0.3) is 0 Å². The fraction of sp³-hybridized carbons (Fsp3) is 0. The molecule has 2 rings (SSSR count). The predicted octanol–water partition coefficient (Wildman–Crippen LogP) is 3.09. The molecule has 0 saturated heterocycles. The van der Waals surface area contributed by atoms with E-state index in [1.807, 2.05) is 12.1 Å². The molecule has 4 heteroatoms. The van der Waals surface area contributed by atoms with Gasteiger partial charge in [0.05, 0.1) is 11.6 Å². The molecule has 18 heavy (non-hydrogen) atoms. The summed E-state index contributed by atoms with van der Waals surface area (Å²) in [5.41, 5.74) is 7.63. The van der Waals surface area contributed by atoms with Gasteiger partial charge in [-0.05, 0) is 23.8 Å². The first-order valence-electron chi connectivity index (χ1n) is 5.22. The van der Waals surface area contributed by atoms with Crippen LogP contribution in [0.1, 0.15) is 15.9 Å². The van der Waals surface area contributed by atoms with E-state index >= 15 is 0 Å². The smallest absolute Gasteiger partial charge is 0.249 e. The largest absolute Gasteiger partial charge is 0.366 e. The molecule has 3 nitrogen and oxygen atoms in total. The third-order valence-electron chi connectivity index (χ3n) is 2.58. The minimum absolute atomic E-state index is 0.413. The second-order valence-electron chi connectivity index (χ2n) is 3.71. The van der Waals surface area contributed by atoms with Crippen molar-refractivity contribution in [2.24, 2.45) is 5.73 Å². The molecule has 0 bridgehead atoms. The van der Waals surface area contributed by atoms with Gasteiger partial charge in [0.15, 0.2) is 0 Å². The maximum atomic E-state index is 11.4. The Labute approximate surface area is 113 Å². The number of rotatable bonds is 2. The van der Waals surface area contributed by atoms with Gasteiger partial charge >= 0.3 is 0 Å². The van der Waals surface area contributed by atoms with Crippen molar-refractivity contribution in [2.45, 2.75) is 0 Å². The first-order chi connectivity index (χ1) is 8.63. The van der Waals surface area contributed by atoms with Crippen LogP contribution in [0.4, 0.5) is 0 Å². The average Bonchev–Trinajstić information content (AvgIpc) is 2.38. The Morgan fingerprint density at radius 3 is 2.56 bits per heavy atom. The van der Waals surface area contributed by atoms with E-state index in [-0.39, 0.29) is 0 Å². The summed E-state index contributed by atoms with van der Waals surface area (Å²) in [5, 5.41) is 9.15. The Morgan fingerprint density at radius 1 is 1.17 bits per heavy atom. The fourth-order valence-electron chi connectivity index (χ4n) is 1.78. The molecule has 0 aliphatic carbocycles. The van der Waals surface area contributed by atoms with Crippen molar-refractivity contribution in [2.75, 3.05) is 0 Å². The van der Waals surface area contributed by atoms with E-state index in [9.17, 15) is 4.79 Å². The van der Waals surface area contributed by atoms with Gasteiger partial charge in [0, 0.05) is 15.6 Å². The van der Waals surface area contributed by atoms with Crippen molar-refractivity contribution in [3.05, 3.63) is 58.1 Å². The second-order valence-corrected chi connectivity index (χ2v) is 4.63. The van der Waals surface area contributed by atoms with Crippen molar-refractivity contribution in [1.82, 2.24) is 0 Å². The minimum atomic E-state index is -0.502. The number of benzene rings is 2. The summed E-state index contributed by atoms with van der Waals surface area (Å²) in [6.07, 6.45) is 0. The van der Waals surface area contributed by atoms with Crippen LogP contribution in [0.3, 0.4) is 0 Å². The van der Waals surface area contributed by atoms with Crippen LogP contribution >= 0.6 is 15.9 Å². The highest BCUT2D eigenvalue weighted by atomic mass is 79.9. The topological polar surface area (TPSA) is 66.9 Å². The molecule has 2 aromatic carbocycles. The third-order valence-corrected chi connectivity index (χ3v) is 3.08. The van der Waals surface area contributed by atoms with Gasteiger partial charge < -0.3 is 5.73 Å². The van der Waals surface area contributed by atoms with Gasteiger partial charge in [-0.3, -0.25) is 4.79 Å². The molecular weight excluding hydrogens is 292 g/mol. The van der Waals surface area contributed by atoms with Crippen molar-refractivity contribution in [3.8, 4) is 17.2 Å². The van der Waals surface area contributed by atoms with Crippen LogP contribution in [-0.4, -0.2) is 5.91 Å². The van der Waals surface area contributed by atoms with Gasteiger partial charge in [-0.25, -0.2) is 0 Å². The Balaban J connectivity index is 2.70. The van der Waals surface area contributed by atoms with Crippen molar-refractivity contribution in [1.29, 1.82) is 5.26 Å². The SMILES string of the molecule is N#Cc1cc(Br)ccc1-c1ccccc1C(N)=O. The summed E-state index contributed by atoms with van der Waals surface area (Å²) in [6, 6.07) is 14.4. The zero-order valence-electron chi connectivity index (χ0n) is 9.35. The maximum Gasteiger partial charge on any atom is 0.249 e. The first kappa shape index (κ1) is 12.3. The summed E-state index contributed by atoms with van der Waals surface area (Å²) in [7, 11) is 0. The molecule has 0 atom stereocenters. The number of hydrogen-bond donors (Lipinski definition) is 1. The average molecular weight is 301 g/mol. The van der Waals surface area contributed by atoms with E-state index in [4.69, 9.17) is 11.0 Å². The zero-order valence-corrected chi connectivity index (χ0v) is 10.9. The summed E-state index contributed by atoms with van der Waals surface area (Å²) < 4.78 is 0.819. The Morgan fingerprint density at radius 2 is 1.89 bits per heavy atom. The van der Waals surface area contributed by atoms with Crippen LogP contribution in [0.5, 0.6) is 0 Å². The lowest BCUT2D eigenvalue weighted by molar-refractivity contribution is 0.100. The number of carbonyl (C=O) groups excluding carboxylic acids is 1. The van der Waals surface area contributed by atoms with E-state index in [1.165, 1.54) is 0 Å². The molecule has 0 saturated carbocycles. The monoisotopic (exact) mass is 300 g/mol. The Kier molecular flexibility index (Phi) is 3.45. The highest BCUT2D eigenvalue weighted by molar-refractivity contribution is 9.10. The molecule has 0 radical (unpaired) electrons. The molecule has 0 aliphatic heterocycles. The number of carbonyl (C=O) groups is 1. The molecule has 88 valence electrons. The highest BCUT2D eigenvalue weighted by Gasteiger charge is 2.12. The lowest BCUT2D eigenvalue weighted by Gasteiger charge is -2.08. The highest BCUT2D eigenvalue weighted by Crippen LogP contribution is 2.28. The van der Waals surface area contributed by atoms with Crippen LogP contribution in [0.25, 0.3) is 11.1 Å². The Hall–Kier alpha value is -2.12. The number of primary amides is 1. The molecule has 0 spiro atoms. The maximum absolute atomic E-state index is 11.4. The zero-order chi connectivity index (χ0) is 13.1. The van der Waals surface area contributed by atoms with Crippen LogP contribution in [-0.2, 0) is 0 Å². The van der Waals surface area contributed by atoms with Crippen LogP contribution < -0.4 is 5.73 Å². The van der Waals surface area contributed by atoms with Crippen molar-refractivity contribution < 1.29 is 4.79 Å². The molecule has 1 amide bonds. The number of nitriles is 1. The van der Waals surface area contributed by atoms with E-state index in [0.29, 0.717) is 22.3 Å². The number of nitrogens with two attached hydrogens (primary N) is 1. The number of hydrogen-bond acceptors (Lipinski definition) is 2. The predicted molar refractivity (Wildman–Crippen MR) is 72.8 cm³/mol. The normalized spacial score (nSPS) is 9.78. The van der Waals surface area contributed by atoms with Crippen molar-refractivity contribution >= 4 is 21.8 Å². The molecule has 0 fully saturated rings. The van der Waals surface area contributed by atoms with Crippen LogP contribution in [0, 0.1) is 11.3 Å². The first-order valence-corrected chi connectivity index (χ1v) is 6.01. The van der Waals surface area contributed by atoms with E-state index in [1.54, 1.807) is 30.3 Å². The lowest BCUT2D eigenvalue weighted by atomic mass is 9.95. The number of halogens is 1.